The van der Waals surface area contributed by atoms with Gasteiger partial charge in [0.1, 0.15) is 4.90 Å². The van der Waals surface area contributed by atoms with Crippen molar-refractivity contribution >= 4 is 33.2 Å². The van der Waals surface area contributed by atoms with Crippen molar-refractivity contribution in [3.8, 4) is 0 Å². The third-order valence-electron chi connectivity index (χ3n) is 5.53. The number of carbonyl (C=O) groups excluding carboxylic acids is 1. The van der Waals surface area contributed by atoms with Crippen LogP contribution in [0.15, 0.2) is 65.8 Å². The summed E-state index contributed by atoms with van der Waals surface area (Å²) >= 11 is 6.26. The number of nitrogens with zero attached hydrogens (tertiary/aromatic N) is 3. The monoisotopic (exact) mass is 472 g/mol. The number of anilines is 1. The molecule has 168 valence electrons. The molecular formula is C23H25ClN4O3S. The molecule has 1 aliphatic rings. The summed E-state index contributed by atoms with van der Waals surface area (Å²) in [5, 5.41) is 7.22. The molecule has 0 spiro atoms. The number of rotatable bonds is 6. The zero-order valence-electron chi connectivity index (χ0n) is 17.6. The van der Waals surface area contributed by atoms with Gasteiger partial charge in [0.2, 0.25) is 10.0 Å². The first kappa shape index (κ1) is 22.5. The van der Waals surface area contributed by atoms with E-state index >= 15 is 0 Å². The highest BCUT2D eigenvalue weighted by molar-refractivity contribution is 7.89. The molecule has 0 aliphatic carbocycles. The second-order valence-corrected chi connectivity index (χ2v) is 10.1. The Morgan fingerprint density at radius 3 is 2.50 bits per heavy atom. The molecule has 7 nitrogen and oxygen atoms in total. The van der Waals surface area contributed by atoms with Crippen molar-refractivity contribution in [2.75, 3.05) is 18.4 Å². The van der Waals surface area contributed by atoms with E-state index in [1.165, 1.54) is 22.5 Å². The summed E-state index contributed by atoms with van der Waals surface area (Å²) < 4.78 is 29.7. The number of hydrogen-bond donors (Lipinski definition) is 1. The van der Waals surface area contributed by atoms with Crippen LogP contribution in [-0.2, 0) is 16.6 Å². The fraction of sp³-hybridized carbons (Fsp3) is 0.304. The predicted octanol–water partition coefficient (Wildman–Crippen LogP) is 4.40. The highest BCUT2D eigenvalue weighted by Gasteiger charge is 2.28. The van der Waals surface area contributed by atoms with E-state index in [2.05, 4.69) is 10.4 Å². The van der Waals surface area contributed by atoms with Crippen LogP contribution in [0.5, 0.6) is 0 Å². The third-order valence-corrected chi connectivity index (χ3v) is 7.91. The fourth-order valence-corrected chi connectivity index (χ4v) is 5.82. The number of benzene rings is 2. The van der Waals surface area contributed by atoms with Gasteiger partial charge < -0.3 is 5.32 Å². The summed E-state index contributed by atoms with van der Waals surface area (Å²) in [7, 11) is -3.78. The molecular weight excluding hydrogens is 448 g/mol. The molecule has 1 aromatic heterocycles. The van der Waals surface area contributed by atoms with E-state index in [1.807, 2.05) is 36.5 Å². The lowest BCUT2D eigenvalue weighted by Gasteiger charge is -2.21. The summed E-state index contributed by atoms with van der Waals surface area (Å²) in [6.45, 7) is 1.43. The molecule has 0 saturated carbocycles. The molecule has 2 heterocycles. The van der Waals surface area contributed by atoms with Gasteiger partial charge in [0.05, 0.1) is 11.6 Å². The second kappa shape index (κ2) is 9.85. The van der Waals surface area contributed by atoms with Gasteiger partial charge in [-0.2, -0.15) is 9.40 Å². The topological polar surface area (TPSA) is 84.3 Å². The molecule has 0 bridgehead atoms. The third kappa shape index (κ3) is 5.03. The normalized spacial score (nSPS) is 15.3. The van der Waals surface area contributed by atoms with Gasteiger partial charge in [0, 0.05) is 36.7 Å². The van der Waals surface area contributed by atoms with E-state index in [4.69, 9.17) is 11.6 Å². The van der Waals surface area contributed by atoms with Gasteiger partial charge in [0.15, 0.2) is 0 Å². The van der Waals surface area contributed by atoms with E-state index < -0.39 is 15.9 Å². The molecule has 1 amide bonds. The number of hydrogen-bond acceptors (Lipinski definition) is 4. The van der Waals surface area contributed by atoms with Crippen molar-refractivity contribution in [1.82, 2.24) is 14.1 Å². The van der Waals surface area contributed by atoms with Crippen molar-refractivity contribution in [3.63, 3.8) is 0 Å². The van der Waals surface area contributed by atoms with Crippen LogP contribution in [0.2, 0.25) is 5.02 Å². The van der Waals surface area contributed by atoms with Crippen molar-refractivity contribution < 1.29 is 13.2 Å². The summed E-state index contributed by atoms with van der Waals surface area (Å²) in [6.07, 6.45) is 7.22. The molecule has 1 fully saturated rings. The van der Waals surface area contributed by atoms with E-state index in [-0.39, 0.29) is 15.5 Å². The van der Waals surface area contributed by atoms with Crippen LogP contribution in [0.1, 0.15) is 41.6 Å². The van der Waals surface area contributed by atoms with Gasteiger partial charge in [-0.05, 0) is 48.7 Å². The largest absolute Gasteiger partial charge is 0.322 e. The van der Waals surface area contributed by atoms with E-state index in [1.54, 1.807) is 10.9 Å². The standard InChI is InChI=1S/C23H25ClN4O3S/c24-20-11-10-18(16-22(20)32(30,31)28-14-5-1-2-6-15-28)23(29)26-21-9-4-3-8-19(21)17-27-13-7-12-25-27/h3-4,7-13,16H,1-2,5-6,14-15,17H2,(H,26,29). The Morgan fingerprint density at radius 1 is 1.03 bits per heavy atom. The Hall–Kier alpha value is -2.68. The zero-order valence-corrected chi connectivity index (χ0v) is 19.1. The van der Waals surface area contributed by atoms with Crippen LogP contribution in [-0.4, -0.2) is 41.5 Å². The zero-order chi connectivity index (χ0) is 22.6. The highest BCUT2D eigenvalue weighted by atomic mass is 35.5. The maximum absolute atomic E-state index is 13.2. The van der Waals surface area contributed by atoms with Crippen molar-refractivity contribution in [2.45, 2.75) is 37.1 Å². The first-order chi connectivity index (χ1) is 15.4. The van der Waals surface area contributed by atoms with Gasteiger partial charge in [-0.25, -0.2) is 8.42 Å². The molecule has 1 saturated heterocycles. The predicted molar refractivity (Wildman–Crippen MR) is 124 cm³/mol. The molecule has 1 aliphatic heterocycles. The van der Waals surface area contributed by atoms with Crippen LogP contribution in [0.4, 0.5) is 5.69 Å². The lowest BCUT2D eigenvalue weighted by atomic mass is 10.1. The van der Waals surface area contributed by atoms with E-state index in [0.717, 1.165) is 31.2 Å². The number of nitrogens with one attached hydrogen (secondary N) is 1. The SMILES string of the molecule is O=C(Nc1ccccc1Cn1cccn1)c1ccc(Cl)c(S(=O)(=O)N2CCCCCC2)c1. The van der Waals surface area contributed by atoms with Gasteiger partial charge >= 0.3 is 0 Å². The molecule has 32 heavy (non-hydrogen) atoms. The smallest absolute Gasteiger partial charge is 0.255 e. The summed E-state index contributed by atoms with van der Waals surface area (Å²) in [5.41, 5.74) is 1.76. The Balaban J connectivity index is 1.58. The molecule has 4 rings (SSSR count). The van der Waals surface area contributed by atoms with Crippen LogP contribution < -0.4 is 5.32 Å². The molecule has 0 unspecified atom stereocenters. The maximum atomic E-state index is 13.2. The number of aromatic nitrogens is 2. The van der Waals surface area contributed by atoms with E-state index in [9.17, 15) is 13.2 Å². The lowest BCUT2D eigenvalue weighted by molar-refractivity contribution is 0.102. The van der Waals surface area contributed by atoms with Crippen molar-refractivity contribution in [3.05, 3.63) is 77.1 Å². The number of sulfonamides is 1. The first-order valence-electron chi connectivity index (χ1n) is 10.6. The average molecular weight is 473 g/mol. The van der Waals surface area contributed by atoms with Crippen molar-refractivity contribution in [1.29, 1.82) is 0 Å². The Morgan fingerprint density at radius 2 is 1.78 bits per heavy atom. The summed E-state index contributed by atoms with van der Waals surface area (Å²) in [4.78, 5) is 13.0. The summed E-state index contributed by atoms with van der Waals surface area (Å²) in [5.74, 6) is -0.401. The maximum Gasteiger partial charge on any atom is 0.255 e. The lowest BCUT2D eigenvalue weighted by Crippen LogP contribution is -2.32. The quantitative estimate of drug-likeness (QED) is 0.576. The van der Waals surface area contributed by atoms with Crippen LogP contribution in [0.3, 0.4) is 0 Å². The van der Waals surface area contributed by atoms with Gasteiger partial charge in [-0.3, -0.25) is 9.48 Å². The van der Waals surface area contributed by atoms with Crippen LogP contribution >= 0.6 is 11.6 Å². The minimum atomic E-state index is -3.78. The average Bonchev–Trinajstić information content (AvgIpc) is 3.13. The molecule has 0 radical (unpaired) electrons. The Kier molecular flexibility index (Phi) is 6.93. The van der Waals surface area contributed by atoms with Crippen molar-refractivity contribution in [2.24, 2.45) is 0 Å². The number of para-hydroxylation sites is 1. The van der Waals surface area contributed by atoms with Gasteiger partial charge in [-0.15, -0.1) is 0 Å². The van der Waals surface area contributed by atoms with Crippen LogP contribution in [0, 0.1) is 0 Å². The minimum Gasteiger partial charge on any atom is -0.322 e. The molecule has 9 heteroatoms. The van der Waals surface area contributed by atoms with Gasteiger partial charge in [0.25, 0.3) is 5.91 Å². The second-order valence-electron chi connectivity index (χ2n) is 7.78. The number of amides is 1. The fourth-order valence-electron chi connectivity index (χ4n) is 3.81. The Labute approximate surface area is 193 Å². The van der Waals surface area contributed by atoms with Crippen LogP contribution in [0.25, 0.3) is 0 Å². The molecule has 0 atom stereocenters. The molecule has 2 aromatic carbocycles. The molecule has 1 N–H and O–H groups in total. The Bertz CT molecular complexity index is 1190. The van der Waals surface area contributed by atoms with Gasteiger partial charge in [-0.1, -0.05) is 42.6 Å². The first-order valence-corrected chi connectivity index (χ1v) is 12.4. The minimum absolute atomic E-state index is 0.0291. The highest BCUT2D eigenvalue weighted by Crippen LogP contribution is 2.28. The van der Waals surface area contributed by atoms with E-state index in [0.29, 0.717) is 25.3 Å². The summed E-state index contributed by atoms with van der Waals surface area (Å²) in [6, 6.07) is 13.7. The number of carbonyl (C=O) groups is 1. The molecule has 3 aromatic rings. The number of halogens is 1.